The van der Waals surface area contributed by atoms with Gasteiger partial charge in [-0.3, -0.25) is 14.4 Å². The molecule has 0 atom stereocenters. The van der Waals surface area contributed by atoms with Crippen LogP contribution in [0.5, 0.6) is 0 Å². The summed E-state index contributed by atoms with van der Waals surface area (Å²) < 4.78 is 0. The van der Waals surface area contributed by atoms with Crippen molar-refractivity contribution in [2.75, 3.05) is 16.0 Å². The molecule has 35 heavy (non-hydrogen) atoms. The first-order valence-electron chi connectivity index (χ1n) is 11.3. The van der Waals surface area contributed by atoms with E-state index in [1.54, 1.807) is 77.9 Å². The Bertz CT molecular complexity index is 1090. The number of nitrogens with one attached hydrogen (secondary N) is 3. The third-order valence-corrected chi connectivity index (χ3v) is 6.14. The van der Waals surface area contributed by atoms with Gasteiger partial charge in [0.05, 0.1) is 0 Å². The van der Waals surface area contributed by atoms with Crippen molar-refractivity contribution in [1.82, 2.24) is 0 Å². The molecule has 0 aliphatic rings. The smallest absolute Gasteiger partial charge is 0.302 e. The molecule has 7 heteroatoms. The highest BCUT2D eigenvalue weighted by molar-refractivity contribution is 6.34. The molecule has 0 saturated heterocycles. The average molecular weight is 474 g/mol. The van der Waals surface area contributed by atoms with Gasteiger partial charge in [0.25, 0.3) is 17.7 Å². The third kappa shape index (κ3) is 5.10. The van der Waals surface area contributed by atoms with E-state index in [9.17, 15) is 19.5 Å². The van der Waals surface area contributed by atoms with E-state index in [2.05, 4.69) is 16.0 Å². The standard InChI is InChI=1S/C28H31N3O4/c1-16-10-7-11-17(2)22(16)29-25(32)28(35,26(33)30-23-18(3)12-8-13-19(23)4)27(34)31-24-20(5)14-9-15-21(24)6/h7-15,35H,1-6H3,(H,29,32)(H,30,33)(H,31,34). The monoisotopic (exact) mass is 473 g/mol. The predicted octanol–water partition coefficient (Wildman–Crippen LogP) is 4.48. The van der Waals surface area contributed by atoms with Crippen LogP contribution < -0.4 is 16.0 Å². The maximum atomic E-state index is 13.5. The molecule has 182 valence electrons. The van der Waals surface area contributed by atoms with E-state index in [1.165, 1.54) is 0 Å². The summed E-state index contributed by atoms with van der Waals surface area (Å²) in [5.41, 5.74) is 2.59. The van der Waals surface area contributed by atoms with Crippen LogP contribution in [0.15, 0.2) is 54.6 Å². The van der Waals surface area contributed by atoms with Crippen LogP contribution >= 0.6 is 0 Å². The van der Waals surface area contributed by atoms with Gasteiger partial charge in [-0.1, -0.05) is 54.6 Å². The summed E-state index contributed by atoms with van der Waals surface area (Å²) in [5, 5.41) is 19.3. The fourth-order valence-electron chi connectivity index (χ4n) is 3.96. The number of aryl methyl sites for hydroxylation is 6. The van der Waals surface area contributed by atoms with E-state index < -0.39 is 23.3 Å². The van der Waals surface area contributed by atoms with Crippen LogP contribution in [0.1, 0.15) is 33.4 Å². The van der Waals surface area contributed by atoms with Gasteiger partial charge < -0.3 is 21.1 Å². The fraction of sp³-hybridized carbons (Fsp3) is 0.250. The Kier molecular flexibility index (Phi) is 7.41. The number of hydrogen-bond acceptors (Lipinski definition) is 4. The van der Waals surface area contributed by atoms with Crippen molar-refractivity contribution in [3.63, 3.8) is 0 Å². The topological polar surface area (TPSA) is 108 Å². The van der Waals surface area contributed by atoms with Gasteiger partial charge in [0.15, 0.2) is 0 Å². The van der Waals surface area contributed by atoms with Crippen molar-refractivity contribution < 1.29 is 19.5 Å². The molecule has 7 nitrogen and oxygen atoms in total. The van der Waals surface area contributed by atoms with E-state index in [1.807, 2.05) is 18.2 Å². The van der Waals surface area contributed by atoms with Gasteiger partial charge in [-0.15, -0.1) is 0 Å². The zero-order valence-corrected chi connectivity index (χ0v) is 20.9. The molecule has 3 aromatic rings. The zero-order chi connectivity index (χ0) is 25.9. The third-order valence-electron chi connectivity index (χ3n) is 6.14. The Balaban J connectivity index is 2.05. The predicted molar refractivity (Wildman–Crippen MR) is 139 cm³/mol. The van der Waals surface area contributed by atoms with Crippen LogP contribution in [-0.4, -0.2) is 28.4 Å². The number of carbonyl (C=O) groups is 3. The Morgan fingerprint density at radius 1 is 0.514 bits per heavy atom. The first kappa shape index (κ1) is 25.6. The molecule has 3 amide bonds. The van der Waals surface area contributed by atoms with Crippen LogP contribution in [-0.2, 0) is 14.4 Å². The van der Waals surface area contributed by atoms with Crippen LogP contribution in [0.3, 0.4) is 0 Å². The molecule has 0 aliphatic heterocycles. The summed E-state index contributed by atoms with van der Waals surface area (Å²) in [6.45, 7) is 10.7. The van der Waals surface area contributed by atoms with Gasteiger partial charge in [-0.25, -0.2) is 0 Å². The molecule has 0 aliphatic carbocycles. The number of rotatable bonds is 6. The van der Waals surface area contributed by atoms with E-state index in [0.717, 1.165) is 33.4 Å². The summed E-state index contributed by atoms with van der Waals surface area (Å²) >= 11 is 0. The van der Waals surface area contributed by atoms with Gasteiger partial charge in [0.1, 0.15) is 0 Å². The minimum Gasteiger partial charge on any atom is -0.364 e. The van der Waals surface area contributed by atoms with Crippen LogP contribution in [0, 0.1) is 41.5 Å². The molecule has 0 heterocycles. The van der Waals surface area contributed by atoms with Crippen molar-refractivity contribution in [2.24, 2.45) is 0 Å². The molecule has 0 radical (unpaired) electrons. The lowest BCUT2D eigenvalue weighted by molar-refractivity contribution is -0.154. The van der Waals surface area contributed by atoms with Gasteiger partial charge in [-0.2, -0.15) is 0 Å². The summed E-state index contributed by atoms with van der Waals surface area (Å²) in [6, 6.07) is 16.2. The highest BCUT2D eigenvalue weighted by Crippen LogP contribution is 2.26. The first-order chi connectivity index (χ1) is 16.5. The minimum absolute atomic E-state index is 0.427. The van der Waals surface area contributed by atoms with Crippen molar-refractivity contribution in [3.8, 4) is 0 Å². The Morgan fingerprint density at radius 3 is 0.914 bits per heavy atom. The van der Waals surface area contributed by atoms with E-state index >= 15 is 0 Å². The zero-order valence-electron chi connectivity index (χ0n) is 20.9. The van der Waals surface area contributed by atoms with Crippen molar-refractivity contribution >= 4 is 34.8 Å². The van der Waals surface area contributed by atoms with Crippen molar-refractivity contribution in [3.05, 3.63) is 88.0 Å². The number of benzene rings is 3. The second-order valence-corrected chi connectivity index (χ2v) is 8.87. The number of aliphatic hydroxyl groups is 1. The summed E-state index contributed by atoms with van der Waals surface area (Å²) in [4.78, 5) is 40.4. The average Bonchev–Trinajstić information content (AvgIpc) is 2.80. The molecule has 0 unspecified atom stereocenters. The Labute approximate surface area is 205 Å². The maximum Gasteiger partial charge on any atom is 0.302 e. The van der Waals surface area contributed by atoms with E-state index in [0.29, 0.717) is 17.1 Å². The highest BCUT2D eigenvalue weighted by Gasteiger charge is 2.52. The van der Waals surface area contributed by atoms with Gasteiger partial charge in [0, 0.05) is 17.1 Å². The number of anilines is 3. The molecule has 0 bridgehead atoms. The maximum absolute atomic E-state index is 13.5. The quantitative estimate of drug-likeness (QED) is 0.396. The van der Waals surface area contributed by atoms with E-state index in [-0.39, 0.29) is 0 Å². The fourth-order valence-corrected chi connectivity index (χ4v) is 3.96. The van der Waals surface area contributed by atoms with E-state index in [4.69, 9.17) is 0 Å². The van der Waals surface area contributed by atoms with Gasteiger partial charge in [0.2, 0.25) is 0 Å². The lowest BCUT2D eigenvalue weighted by Gasteiger charge is -2.27. The molecule has 0 saturated carbocycles. The van der Waals surface area contributed by atoms with Crippen molar-refractivity contribution in [2.45, 2.75) is 47.1 Å². The summed E-state index contributed by atoms with van der Waals surface area (Å²) in [7, 11) is 0. The minimum atomic E-state index is -3.06. The molecule has 0 aromatic heterocycles. The van der Waals surface area contributed by atoms with Crippen LogP contribution in [0.25, 0.3) is 0 Å². The van der Waals surface area contributed by atoms with Gasteiger partial charge >= 0.3 is 5.60 Å². The number of hydrogen-bond donors (Lipinski definition) is 4. The van der Waals surface area contributed by atoms with Crippen LogP contribution in [0.4, 0.5) is 17.1 Å². The normalized spacial score (nSPS) is 11.1. The highest BCUT2D eigenvalue weighted by atomic mass is 16.3. The number of carbonyl (C=O) groups excluding carboxylic acids is 3. The molecule has 0 spiro atoms. The lowest BCUT2D eigenvalue weighted by atomic mass is 9.97. The molecule has 0 fully saturated rings. The second kappa shape index (κ2) is 10.1. The van der Waals surface area contributed by atoms with Gasteiger partial charge in [-0.05, 0) is 74.9 Å². The first-order valence-corrected chi connectivity index (χ1v) is 11.3. The summed E-state index contributed by atoms with van der Waals surface area (Å²) in [6.07, 6.45) is 0. The number of para-hydroxylation sites is 3. The van der Waals surface area contributed by atoms with Crippen molar-refractivity contribution in [1.29, 1.82) is 0 Å². The molecular formula is C28H31N3O4. The molecule has 3 aromatic carbocycles. The lowest BCUT2D eigenvalue weighted by Crippen LogP contribution is -2.60. The molecular weight excluding hydrogens is 442 g/mol. The molecule has 4 N–H and O–H groups in total. The number of amides is 3. The second-order valence-electron chi connectivity index (χ2n) is 8.87. The Morgan fingerprint density at radius 2 is 0.714 bits per heavy atom. The largest absolute Gasteiger partial charge is 0.364 e. The summed E-state index contributed by atoms with van der Waals surface area (Å²) in [5.74, 6) is -3.45. The van der Waals surface area contributed by atoms with Crippen LogP contribution in [0.2, 0.25) is 0 Å². The SMILES string of the molecule is Cc1cccc(C)c1NC(=O)C(O)(C(=O)Nc1c(C)cccc1C)C(=O)Nc1c(C)cccc1C. The Hall–Kier alpha value is -3.97. The molecule has 3 rings (SSSR count).